The van der Waals surface area contributed by atoms with Gasteiger partial charge in [0.05, 0.1) is 18.4 Å². The molecule has 0 saturated carbocycles. The number of carbonyl (C=O) groups excluding carboxylic acids is 12. The Kier molecular flexibility index (Phi) is 49.2. The van der Waals surface area contributed by atoms with Crippen LogP contribution in [0.15, 0.2) is 227 Å². The molecule has 0 aliphatic carbocycles. The first kappa shape index (κ1) is 99.5. The van der Waals surface area contributed by atoms with Crippen molar-refractivity contribution in [3.63, 3.8) is 0 Å². The van der Waals surface area contributed by atoms with Gasteiger partial charge in [0, 0.05) is 71.5 Å². The van der Waals surface area contributed by atoms with Crippen molar-refractivity contribution in [2.45, 2.75) is 80.0 Å². The predicted molar refractivity (Wildman–Crippen MR) is 435 cm³/mol. The maximum atomic E-state index is 12.3. The van der Waals surface area contributed by atoms with E-state index >= 15 is 0 Å². The average Bonchev–Trinajstić information content (AvgIpc) is 0.872. The van der Waals surface area contributed by atoms with Crippen molar-refractivity contribution in [3.8, 4) is 11.5 Å². The van der Waals surface area contributed by atoms with E-state index in [2.05, 4.69) is 67.3 Å². The first-order valence-corrected chi connectivity index (χ1v) is 38.7. The number of anilines is 2. The molecule has 0 heterocycles. The highest BCUT2D eigenvalue weighted by atomic mass is 32.2. The van der Waals surface area contributed by atoms with Crippen molar-refractivity contribution < 1.29 is 114 Å². The summed E-state index contributed by atoms with van der Waals surface area (Å²) in [5.74, 6) is -3.63. The summed E-state index contributed by atoms with van der Waals surface area (Å²) in [6, 6.07) is 36.4. The largest absolute Gasteiger partial charge is 0.465 e. The van der Waals surface area contributed by atoms with Crippen LogP contribution in [0.2, 0.25) is 0 Å². The number of thioether (sulfide) groups is 4. The Hall–Kier alpha value is -11.5. The monoisotopic (exact) mass is 1640 g/mol. The summed E-state index contributed by atoms with van der Waals surface area (Å²) >= 11 is 6.33. The summed E-state index contributed by atoms with van der Waals surface area (Å²) in [4.78, 5) is 142. The van der Waals surface area contributed by atoms with Gasteiger partial charge in [-0.15, -0.1) is 47.0 Å². The van der Waals surface area contributed by atoms with E-state index in [-0.39, 0.29) is 90.2 Å². The molecule has 4 N–H and O–H groups in total. The number of hydrogen-bond acceptors (Lipinski definition) is 28. The van der Waals surface area contributed by atoms with Crippen molar-refractivity contribution in [3.05, 3.63) is 219 Å². The van der Waals surface area contributed by atoms with Gasteiger partial charge < -0.3 is 67.5 Å². The summed E-state index contributed by atoms with van der Waals surface area (Å²) in [7, 11) is 0. The summed E-state index contributed by atoms with van der Waals surface area (Å²) in [6.07, 6.45) is 8.41. The van der Waals surface area contributed by atoms with Crippen molar-refractivity contribution >= 4 is 131 Å². The molecule has 4 amide bonds. The minimum absolute atomic E-state index is 0.00330. The van der Waals surface area contributed by atoms with E-state index in [1.807, 2.05) is 117 Å². The lowest BCUT2D eigenvalue weighted by molar-refractivity contribution is -0.157. The first-order valence-electron chi connectivity index (χ1n) is 33.8. The number of benzene rings is 5. The molecule has 0 radical (unpaired) electrons. The Morgan fingerprint density at radius 2 is 0.779 bits per heavy atom. The molecule has 0 saturated heterocycles. The zero-order valence-corrected chi connectivity index (χ0v) is 68.4. The molecular formula is C81H98N4O24S4. The lowest BCUT2D eigenvalue weighted by atomic mass is 9.94. The number of hydrogen-bond donors (Lipinski definition) is 4. The minimum atomic E-state index is -1.20. The molecule has 0 atom stereocenters. The lowest BCUT2D eigenvalue weighted by Gasteiger charge is -2.28. The fourth-order valence-corrected chi connectivity index (χ4v) is 9.25. The fraction of sp³-hybridized carbons (Fsp3) is 0.309. The molecule has 0 bridgehead atoms. The third kappa shape index (κ3) is 46.7. The maximum Gasteiger partial charge on any atom is 0.413 e. The van der Waals surface area contributed by atoms with Crippen LogP contribution in [0.1, 0.15) is 52.7 Å². The first-order chi connectivity index (χ1) is 53.5. The van der Waals surface area contributed by atoms with Crippen LogP contribution in [-0.4, -0.2) is 175 Å². The molecule has 0 spiro atoms. The number of esters is 8. The van der Waals surface area contributed by atoms with Gasteiger partial charge in [0.1, 0.15) is 83.1 Å². The highest BCUT2D eigenvalue weighted by molar-refractivity contribution is 7.99. The number of aryl methyl sites for hydroxylation is 1. The highest BCUT2D eigenvalue weighted by Gasteiger charge is 2.33. The Balaban J connectivity index is 0.000000714. The van der Waals surface area contributed by atoms with Gasteiger partial charge in [-0.3, -0.25) is 15.4 Å². The molecule has 0 aliphatic heterocycles. The zero-order chi connectivity index (χ0) is 84.9. The van der Waals surface area contributed by atoms with Crippen LogP contribution in [0, 0.1) is 12.3 Å². The van der Waals surface area contributed by atoms with Gasteiger partial charge in [-0.1, -0.05) is 76.4 Å². The molecule has 32 heteroatoms. The molecule has 5 aromatic carbocycles. The van der Waals surface area contributed by atoms with Gasteiger partial charge in [-0.25, -0.2) is 52.7 Å². The van der Waals surface area contributed by atoms with Crippen molar-refractivity contribution in [2.24, 2.45) is 5.41 Å². The van der Waals surface area contributed by atoms with Crippen molar-refractivity contribution in [2.75, 3.05) is 108 Å². The van der Waals surface area contributed by atoms with Crippen LogP contribution in [0.25, 0.3) is 0 Å². The van der Waals surface area contributed by atoms with Gasteiger partial charge in [0.2, 0.25) is 0 Å². The second kappa shape index (κ2) is 55.8. The predicted octanol–water partition coefficient (Wildman–Crippen LogP) is 14.4. The van der Waals surface area contributed by atoms with Crippen LogP contribution in [0.4, 0.5) is 30.6 Å². The quantitative estimate of drug-likeness (QED) is 0.00943. The van der Waals surface area contributed by atoms with Gasteiger partial charge in [-0.05, 0) is 176 Å². The molecule has 5 rings (SSSR count). The van der Waals surface area contributed by atoms with Crippen LogP contribution in [0.5, 0.6) is 11.5 Å². The SMILES string of the molecule is C=C(C)C(=O)OCC(C)(COC(=O)Cc1cccc(SC)c1)COC(=O)C(=C)C.C=C(C)C(=O)OCCOC(=O)Nc1cccc(C)c1.C=C(C)C(=O)OCCOC(=O)Nc1cccc(SC)c1.C=CC(=O)OCC(C)(COC(=O)C=C)NC(=O)Oc1ccc(SC)cc1.C=CC(=O)OCCNC(=O)Oc1ccc(SC)cc1. The second-order valence-electron chi connectivity index (χ2n) is 23.9. The lowest BCUT2D eigenvalue weighted by Crippen LogP contribution is -2.54. The number of rotatable bonds is 37. The van der Waals surface area contributed by atoms with E-state index in [0.29, 0.717) is 34.0 Å². The minimum Gasteiger partial charge on any atom is -0.465 e. The van der Waals surface area contributed by atoms with Crippen LogP contribution < -0.4 is 30.7 Å². The second-order valence-corrected chi connectivity index (χ2v) is 27.4. The van der Waals surface area contributed by atoms with Crippen LogP contribution >= 0.6 is 47.0 Å². The van der Waals surface area contributed by atoms with Gasteiger partial charge in [0.15, 0.2) is 0 Å². The summed E-state index contributed by atoms with van der Waals surface area (Å²) < 4.78 is 59.9. The molecule has 113 heavy (non-hydrogen) atoms. The molecule has 5 aromatic rings. The smallest absolute Gasteiger partial charge is 0.413 e. The van der Waals surface area contributed by atoms with E-state index in [9.17, 15) is 57.5 Å². The van der Waals surface area contributed by atoms with Gasteiger partial charge >= 0.3 is 72.1 Å². The van der Waals surface area contributed by atoms with E-state index < -0.39 is 83.1 Å². The number of carbonyl (C=O) groups is 12. The van der Waals surface area contributed by atoms with Crippen molar-refractivity contribution in [1.82, 2.24) is 10.6 Å². The van der Waals surface area contributed by atoms with Crippen LogP contribution in [0.3, 0.4) is 0 Å². The molecule has 0 unspecified atom stereocenters. The summed E-state index contributed by atoms with van der Waals surface area (Å²) in [5.41, 5.74) is 2.19. The maximum absolute atomic E-state index is 12.3. The number of amides is 4. The third-order valence-corrected chi connectivity index (χ3v) is 16.3. The van der Waals surface area contributed by atoms with E-state index in [4.69, 9.17) is 56.8 Å². The fourth-order valence-electron chi connectivity index (χ4n) is 7.49. The number of ether oxygens (including phenoxy) is 12. The third-order valence-electron chi connectivity index (χ3n) is 13.4. The molecule has 0 aliphatic rings. The molecular weight excluding hydrogens is 1540 g/mol. The van der Waals surface area contributed by atoms with Crippen molar-refractivity contribution in [1.29, 1.82) is 0 Å². The topological polar surface area (TPSA) is 364 Å². The van der Waals surface area contributed by atoms with E-state index in [1.165, 1.54) is 20.8 Å². The van der Waals surface area contributed by atoms with Gasteiger partial charge in [0.25, 0.3) is 0 Å². The standard InChI is InChI=1S/C22H28O6S.C18H21NO6S.C14H17NO4S.C14H17NO4.C13H15NO4S/c1-15(2)20(24)27-13-22(5,14-28-21(25)16(3)4)12-26-19(23)11-17-8-7-9-18(10-17)29-6;1-5-15(20)23-11-18(3,12-24-16(21)6-2)19-17(22)25-13-7-9-14(26-4)10-8-13;1-10(2)13(16)18-7-8-19-14(17)15-11-5-4-6-12(9-11)20-3;1-10(2)13(16)18-7-8-19-14(17)15-12-6-4-5-11(3)9-12;1-3-12(15)17-9-8-14-13(16)18-10-4-6-11(19-2)7-5-10/h7-10H,1,3,11-14H2,2,4-6H3;5-10H,1-2,11-12H2,3-4H3,(H,19,22);4-6,9H,1,7-8H2,2-3H3,(H,15,17);4-6,9H,1,7-8H2,2-3H3,(H,15,17);3-7H,1,8-9H2,2H3,(H,14,16). The molecule has 0 fully saturated rings. The number of nitrogens with one attached hydrogen (secondary N) is 4. The molecule has 28 nitrogen and oxygen atoms in total. The van der Waals surface area contributed by atoms with Gasteiger partial charge in [-0.2, -0.15) is 0 Å². The Labute approximate surface area is 675 Å². The molecule has 0 aromatic heterocycles. The Morgan fingerprint density at radius 1 is 0.398 bits per heavy atom. The highest BCUT2D eigenvalue weighted by Crippen LogP contribution is 2.24. The van der Waals surface area contributed by atoms with Crippen LogP contribution in [-0.2, 0) is 92.1 Å². The average molecular weight is 1640 g/mol. The summed E-state index contributed by atoms with van der Waals surface area (Å²) in [5, 5.41) is 10.2. The summed E-state index contributed by atoms with van der Waals surface area (Å²) in [6.45, 7) is 34.6. The Bertz CT molecular complexity index is 4020. The van der Waals surface area contributed by atoms with E-state index in [0.717, 1.165) is 48.9 Å². The van der Waals surface area contributed by atoms with E-state index in [1.54, 1.807) is 104 Å². The molecule has 610 valence electrons. The normalized spacial score (nSPS) is 10.1. The Morgan fingerprint density at radius 3 is 1.20 bits per heavy atom. The zero-order valence-electron chi connectivity index (χ0n) is 65.1.